The molecule has 0 amide bonds. The predicted octanol–water partition coefficient (Wildman–Crippen LogP) is 13.0. The zero-order valence-corrected chi connectivity index (χ0v) is 39.2. The summed E-state index contributed by atoms with van der Waals surface area (Å²) in [4.78, 5) is 10.5. The molecule has 10 rings (SSSR count). The Morgan fingerprint density at radius 2 is 0.634 bits per heavy atom. The Kier molecular flexibility index (Phi) is 13.9. The summed E-state index contributed by atoms with van der Waals surface area (Å²) in [7, 11) is 0. The van der Waals surface area contributed by atoms with Crippen LogP contribution in [0.1, 0.15) is 50.1 Å². The number of hydrogen-bond donors (Lipinski definition) is 3. The van der Waals surface area contributed by atoms with E-state index >= 15 is 0 Å². The summed E-state index contributed by atoms with van der Waals surface area (Å²) in [5.41, 5.74) is 5.87. The van der Waals surface area contributed by atoms with E-state index in [4.69, 9.17) is 19.4 Å². The van der Waals surface area contributed by atoms with Crippen LogP contribution in [0.5, 0.6) is 5.88 Å². The van der Waals surface area contributed by atoms with Gasteiger partial charge in [0.2, 0.25) is 11.8 Å². The van der Waals surface area contributed by atoms with E-state index in [0.29, 0.717) is 11.8 Å². The van der Waals surface area contributed by atoms with E-state index in [9.17, 15) is 5.11 Å². The van der Waals surface area contributed by atoms with Crippen LogP contribution in [0, 0.1) is 0 Å². The fraction of sp³-hybridized carbons (Fsp3) is 0.0938. The molecule has 9 aromatic carbocycles. The van der Waals surface area contributed by atoms with Crippen molar-refractivity contribution in [3.8, 4) is 5.88 Å². The average Bonchev–Trinajstić information content (AvgIpc) is 3.46. The normalized spacial score (nSPS) is 12.1. The van der Waals surface area contributed by atoms with Crippen LogP contribution in [0.2, 0.25) is 0 Å². The third-order valence-electron chi connectivity index (χ3n) is 13.0. The van der Waals surface area contributed by atoms with Crippen molar-refractivity contribution in [2.45, 2.75) is 22.8 Å². The van der Waals surface area contributed by atoms with Crippen molar-refractivity contribution in [3.05, 3.63) is 329 Å². The minimum Gasteiger partial charge on any atom is -0.475 e. The molecule has 7 nitrogen and oxygen atoms in total. The van der Waals surface area contributed by atoms with E-state index in [-0.39, 0.29) is 19.1 Å². The number of nitrogens with one attached hydrogen (secondary N) is 2. The Labute approximate surface area is 416 Å². The molecule has 71 heavy (non-hydrogen) atoms. The third-order valence-corrected chi connectivity index (χ3v) is 13.0. The summed E-state index contributed by atoms with van der Waals surface area (Å²) < 4.78 is 13.7. The number of aromatic nitrogens is 2. The molecule has 7 heteroatoms. The van der Waals surface area contributed by atoms with Crippen LogP contribution in [0.3, 0.4) is 0 Å². The predicted molar refractivity (Wildman–Crippen MR) is 284 cm³/mol. The van der Waals surface area contributed by atoms with Gasteiger partial charge in [0.05, 0.1) is 6.61 Å². The second-order valence-electron chi connectivity index (χ2n) is 17.4. The van der Waals surface area contributed by atoms with Crippen molar-refractivity contribution in [2.24, 2.45) is 0 Å². The Balaban J connectivity index is 1.08. The van der Waals surface area contributed by atoms with Gasteiger partial charge in [-0.05, 0) is 50.1 Å². The van der Waals surface area contributed by atoms with E-state index < -0.39 is 22.8 Å². The second-order valence-corrected chi connectivity index (χ2v) is 17.4. The molecule has 0 aliphatic carbocycles. The molecule has 0 fully saturated rings. The first-order valence-corrected chi connectivity index (χ1v) is 24.0. The fourth-order valence-corrected chi connectivity index (χ4v) is 9.76. The zero-order valence-electron chi connectivity index (χ0n) is 39.2. The number of nitrogens with zero attached hydrogens (tertiary/aromatic N) is 2. The number of aliphatic hydroxyl groups excluding tert-OH is 1. The van der Waals surface area contributed by atoms with Gasteiger partial charge in [-0.3, -0.25) is 0 Å². The van der Waals surface area contributed by atoms with Gasteiger partial charge in [-0.2, -0.15) is 9.97 Å². The number of aliphatic hydroxyl groups is 1. The van der Waals surface area contributed by atoms with Crippen LogP contribution in [0.25, 0.3) is 0 Å². The number of rotatable bonds is 19. The maximum atomic E-state index is 12.0. The Bertz CT molecular complexity index is 2750. The van der Waals surface area contributed by atoms with Gasteiger partial charge in [0.25, 0.3) is 0 Å². The summed E-state index contributed by atoms with van der Waals surface area (Å²) in [6.07, 6.45) is -1.07. The lowest BCUT2D eigenvalue weighted by Crippen LogP contribution is -2.40. The van der Waals surface area contributed by atoms with Gasteiger partial charge < -0.3 is 25.2 Å². The van der Waals surface area contributed by atoms with Gasteiger partial charge in [-0.1, -0.05) is 273 Å². The molecule has 0 radical (unpaired) electrons. The van der Waals surface area contributed by atoms with E-state index in [2.05, 4.69) is 156 Å². The quantitative estimate of drug-likeness (QED) is 0.0696. The zero-order chi connectivity index (χ0) is 48.2. The lowest BCUT2D eigenvalue weighted by Gasteiger charge is -2.38. The molecule has 0 spiro atoms. The van der Waals surface area contributed by atoms with Crippen molar-refractivity contribution in [3.63, 3.8) is 0 Å². The number of ether oxygens (including phenoxy) is 2. The van der Waals surface area contributed by atoms with Crippen molar-refractivity contribution < 1.29 is 14.6 Å². The molecule has 0 saturated carbocycles. The van der Waals surface area contributed by atoms with E-state index in [1.54, 1.807) is 6.07 Å². The molecule has 0 saturated heterocycles. The molecule has 1 atom stereocenters. The first-order valence-electron chi connectivity index (χ1n) is 24.0. The number of benzene rings is 9. The van der Waals surface area contributed by atoms with Crippen molar-refractivity contribution in [2.75, 3.05) is 23.8 Å². The summed E-state index contributed by atoms with van der Waals surface area (Å²) >= 11 is 0. The van der Waals surface area contributed by atoms with Crippen LogP contribution in [-0.4, -0.2) is 34.4 Å². The molecule has 0 bridgehead atoms. The van der Waals surface area contributed by atoms with Crippen LogP contribution >= 0.6 is 0 Å². The van der Waals surface area contributed by atoms with Crippen molar-refractivity contribution >= 4 is 11.8 Å². The summed E-state index contributed by atoms with van der Waals surface area (Å²) in [6, 6.07) is 94.5. The van der Waals surface area contributed by atoms with Crippen LogP contribution < -0.4 is 15.4 Å². The maximum Gasteiger partial charge on any atom is 0.229 e. The standard InChI is InChI=1S/C64H54N4O3/c69-58(48-71-64(55-40-22-7-23-41-55,56-42-24-8-25-43-56)57-44-26-9-27-45-57)47-70-60-46-59(67-62(49-28-10-1-11-29-49,50-30-12-2-13-31-50)51-32-14-3-15-33-51)65-61(66-60)68-63(52-34-16-4-17-35-52,53-36-18-5-19-37-53)54-38-20-6-21-39-54/h1-46,58,69H,47-48H2,(H2,65,66,67,68)/t58-/m1/s1. The third kappa shape index (κ3) is 9.57. The summed E-state index contributed by atoms with van der Waals surface area (Å²) in [5.74, 6) is 1.03. The van der Waals surface area contributed by atoms with Gasteiger partial charge in [0.15, 0.2) is 0 Å². The molecule has 0 aliphatic rings. The highest BCUT2D eigenvalue weighted by Gasteiger charge is 2.41. The first kappa shape index (κ1) is 46.1. The SMILES string of the molecule is O[C@H](COc1cc(NC(c2ccccc2)(c2ccccc2)c2ccccc2)nc(NC(c2ccccc2)(c2ccccc2)c2ccccc2)n1)COC(c1ccccc1)(c1ccccc1)c1ccccc1. The molecule has 0 unspecified atom stereocenters. The molecule has 0 aliphatic heterocycles. The summed E-state index contributed by atoms with van der Waals surface area (Å²) in [5, 5.41) is 19.8. The number of hydrogen-bond acceptors (Lipinski definition) is 7. The molecule has 3 N–H and O–H groups in total. The molecular weight excluding hydrogens is 873 g/mol. The lowest BCUT2D eigenvalue weighted by molar-refractivity contribution is -0.0497. The highest BCUT2D eigenvalue weighted by molar-refractivity contribution is 5.62. The molecule has 1 aromatic heterocycles. The van der Waals surface area contributed by atoms with Gasteiger partial charge in [-0.15, -0.1) is 0 Å². The van der Waals surface area contributed by atoms with Gasteiger partial charge in [0.1, 0.15) is 35.2 Å². The smallest absolute Gasteiger partial charge is 0.229 e. The van der Waals surface area contributed by atoms with E-state index in [0.717, 1.165) is 50.1 Å². The lowest BCUT2D eigenvalue weighted by atomic mass is 9.77. The monoisotopic (exact) mass is 926 g/mol. The minimum atomic E-state index is -1.07. The van der Waals surface area contributed by atoms with Crippen LogP contribution in [0.4, 0.5) is 11.8 Å². The fourth-order valence-electron chi connectivity index (χ4n) is 9.76. The maximum absolute atomic E-state index is 12.0. The van der Waals surface area contributed by atoms with E-state index in [1.807, 2.05) is 127 Å². The van der Waals surface area contributed by atoms with Crippen molar-refractivity contribution in [1.82, 2.24) is 9.97 Å². The largest absolute Gasteiger partial charge is 0.475 e. The highest BCUT2D eigenvalue weighted by atomic mass is 16.5. The Hall–Kier alpha value is -8.62. The molecule has 1 heterocycles. The van der Waals surface area contributed by atoms with Crippen LogP contribution in [0.15, 0.2) is 279 Å². The van der Waals surface area contributed by atoms with E-state index in [1.165, 1.54) is 0 Å². The average molecular weight is 927 g/mol. The summed E-state index contributed by atoms with van der Waals surface area (Å²) in [6.45, 7) is -0.189. The first-order chi connectivity index (χ1) is 35.1. The number of anilines is 2. The molecular formula is C64H54N4O3. The topological polar surface area (TPSA) is 88.5 Å². The van der Waals surface area contributed by atoms with Gasteiger partial charge in [0, 0.05) is 6.07 Å². The van der Waals surface area contributed by atoms with Crippen LogP contribution in [-0.2, 0) is 21.4 Å². The molecule has 10 aromatic rings. The van der Waals surface area contributed by atoms with Gasteiger partial charge >= 0.3 is 0 Å². The minimum absolute atomic E-state index is 0.0573. The Morgan fingerprint density at radius 1 is 0.352 bits per heavy atom. The van der Waals surface area contributed by atoms with Crippen molar-refractivity contribution in [1.29, 1.82) is 0 Å². The second kappa shape index (κ2) is 21.3. The van der Waals surface area contributed by atoms with Gasteiger partial charge in [-0.25, -0.2) is 0 Å². The highest BCUT2D eigenvalue weighted by Crippen LogP contribution is 2.44. The molecule has 348 valence electrons. The Morgan fingerprint density at radius 3 is 0.944 bits per heavy atom.